The second-order valence-electron chi connectivity index (χ2n) is 16.1. The Morgan fingerprint density at radius 1 is 0.448 bits per heavy atom. The second kappa shape index (κ2) is 12.3. The molecule has 0 N–H and O–H groups in total. The molecular weight excluding hydrogens is 705 g/mol. The highest BCUT2D eigenvalue weighted by Crippen LogP contribution is 2.54. The molecule has 274 valence electrons. The maximum absolute atomic E-state index is 6.78. The van der Waals surface area contributed by atoms with E-state index in [1.807, 2.05) is 0 Å². The molecule has 0 bridgehead atoms. The lowest BCUT2D eigenvalue weighted by Gasteiger charge is -2.29. The van der Waals surface area contributed by atoms with Crippen LogP contribution in [0.5, 0.6) is 0 Å². The van der Waals surface area contributed by atoms with Gasteiger partial charge in [0.25, 0.3) is 0 Å². The molecule has 58 heavy (non-hydrogen) atoms. The zero-order chi connectivity index (χ0) is 38.5. The van der Waals surface area contributed by atoms with Crippen LogP contribution in [-0.4, -0.2) is 4.57 Å². The van der Waals surface area contributed by atoms with Gasteiger partial charge >= 0.3 is 0 Å². The minimum absolute atomic E-state index is 0.109. The van der Waals surface area contributed by atoms with Crippen LogP contribution < -0.4 is 4.90 Å². The van der Waals surface area contributed by atoms with Crippen molar-refractivity contribution >= 4 is 60.8 Å². The summed E-state index contributed by atoms with van der Waals surface area (Å²) < 4.78 is 9.17. The van der Waals surface area contributed by atoms with Crippen LogP contribution in [0.4, 0.5) is 17.1 Å². The summed E-state index contributed by atoms with van der Waals surface area (Å²) in [6.07, 6.45) is 0. The molecule has 0 fully saturated rings. The SMILES string of the molecule is CC1(C)c2ccccc2-c2c(N(c3ccc(-c4ccccc4)cc3)c3ccc(-c4cc5oc6ccccc6n6c7ccccc7c7cccc4c7c5-6)cc3)cccc21. The maximum atomic E-state index is 6.78. The molecule has 9 aromatic rings. The average Bonchev–Trinajstić information content (AvgIpc) is 3.52. The topological polar surface area (TPSA) is 21.3 Å². The Bertz CT molecular complexity index is 3350. The number of pyridine rings is 1. The molecule has 0 saturated carbocycles. The van der Waals surface area contributed by atoms with Crippen LogP contribution in [-0.2, 0) is 5.41 Å². The van der Waals surface area contributed by atoms with Gasteiger partial charge in [-0.2, -0.15) is 0 Å². The third-order valence-electron chi connectivity index (χ3n) is 12.6. The highest BCUT2D eigenvalue weighted by atomic mass is 16.3. The molecule has 2 aliphatic heterocycles. The van der Waals surface area contributed by atoms with E-state index >= 15 is 0 Å². The van der Waals surface area contributed by atoms with E-state index in [1.165, 1.54) is 66.1 Å². The summed E-state index contributed by atoms with van der Waals surface area (Å²) in [6, 6.07) is 70.5. The quantitative estimate of drug-likeness (QED) is 0.129. The Kier molecular flexibility index (Phi) is 6.98. The van der Waals surface area contributed by atoms with Gasteiger partial charge in [0.05, 0.1) is 22.4 Å². The molecule has 3 aliphatic rings. The van der Waals surface area contributed by atoms with E-state index in [9.17, 15) is 0 Å². The van der Waals surface area contributed by atoms with E-state index in [-0.39, 0.29) is 5.41 Å². The Labute approximate surface area is 337 Å². The van der Waals surface area contributed by atoms with Crippen molar-refractivity contribution in [2.75, 3.05) is 4.90 Å². The molecule has 0 spiro atoms. The van der Waals surface area contributed by atoms with Gasteiger partial charge in [0.1, 0.15) is 0 Å². The van der Waals surface area contributed by atoms with Crippen molar-refractivity contribution in [3.05, 3.63) is 205 Å². The van der Waals surface area contributed by atoms with E-state index < -0.39 is 0 Å². The van der Waals surface area contributed by atoms with Gasteiger partial charge in [0.15, 0.2) is 11.2 Å². The van der Waals surface area contributed by atoms with Gasteiger partial charge < -0.3 is 13.9 Å². The molecule has 0 saturated heterocycles. The van der Waals surface area contributed by atoms with Crippen LogP contribution >= 0.6 is 0 Å². The lowest BCUT2D eigenvalue weighted by Crippen LogP contribution is -2.16. The van der Waals surface area contributed by atoms with Crippen LogP contribution in [0.25, 0.3) is 82.8 Å². The van der Waals surface area contributed by atoms with Crippen molar-refractivity contribution in [2.24, 2.45) is 0 Å². The van der Waals surface area contributed by atoms with Gasteiger partial charge in [-0.05, 0) is 104 Å². The van der Waals surface area contributed by atoms with E-state index in [2.05, 4.69) is 217 Å². The van der Waals surface area contributed by atoms with Gasteiger partial charge in [0, 0.05) is 33.1 Å². The Hall–Kier alpha value is -7.36. The van der Waals surface area contributed by atoms with E-state index in [4.69, 9.17) is 4.42 Å². The van der Waals surface area contributed by atoms with Crippen molar-refractivity contribution < 1.29 is 4.42 Å². The zero-order valence-corrected chi connectivity index (χ0v) is 32.3. The van der Waals surface area contributed by atoms with Gasteiger partial charge in [-0.3, -0.25) is 0 Å². The van der Waals surface area contributed by atoms with Crippen molar-refractivity contribution in [1.82, 2.24) is 4.57 Å². The largest absolute Gasteiger partial charge is 0.453 e. The first-order chi connectivity index (χ1) is 28.5. The molecule has 3 heteroatoms. The first-order valence-electron chi connectivity index (χ1n) is 20.1. The number of hydrogen-bond acceptors (Lipinski definition) is 2. The normalized spacial score (nSPS) is 13.1. The minimum atomic E-state index is -0.109. The molecule has 0 aromatic heterocycles. The number of fused-ring (bicyclic) bond motifs is 8. The fourth-order valence-corrected chi connectivity index (χ4v) is 9.88. The van der Waals surface area contributed by atoms with E-state index in [0.29, 0.717) is 0 Å². The third-order valence-corrected chi connectivity index (χ3v) is 12.6. The highest BCUT2D eigenvalue weighted by Gasteiger charge is 2.37. The van der Waals surface area contributed by atoms with Crippen molar-refractivity contribution in [3.63, 3.8) is 0 Å². The molecule has 3 nitrogen and oxygen atoms in total. The minimum Gasteiger partial charge on any atom is -0.453 e. The Morgan fingerprint density at radius 2 is 1.05 bits per heavy atom. The Balaban J connectivity index is 1.06. The molecular formula is C55H38N2O. The predicted octanol–water partition coefficient (Wildman–Crippen LogP) is 15.2. The first kappa shape index (κ1) is 32.8. The monoisotopic (exact) mass is 742 g/mol. The summed E-state index contributed by atoms with van der Waals surface area (Å²) in [5.74, 6) is 0. The van der Waals surface area contributed by atoms with Crippen molar-refractivity contribution in [2.45, 2.75) is 19.3 Å². The van der Waals surface area contributed by atoms with Gasteiger partial charge in [-0.25, -0.2) is 0 Å². The average molecular weight is 743 g/mol. The predicted molar refractivity (Wildman–Crippen MR) is 242 cm³/mol. The van der Waals surface area contributed by atoms with Crippen LogP contribution in [0.3, 0.4) is 0 Å². The van der Waals surface area contributed by atoms with Crippen LogP contribution in [0.2, 0.25) is 0 Å². The fraction of sp³-hybridized carbons (Fsp3) is 0.0545. The molecule has 2 heterocycles. The smallest absolute Gasteiger partial charge is 0.152 e. The summed E-state index contributed by atoms with van der Waals surface area (Å²) in [5, 5.41) is 4.88. The molecule has 9 aromatic carbocycles. The summed E-state index contributed by atoms with van der Waals surface area (Å²) in [5.41, 5.74) is 18.4. The van der Waals surface area contributed by atoms with Gasteiger partial charge in [-0.1, -0.05) is 153 Å². The van der Waals surface area contributed by atoms with Crippen molar-refractivity contribution in [3.8, 4) is 39.1 Å². The van der Waals surface area contributed by atoms with E-state index in [0.717, 1.165) is 44.9 Å². The third kappa shape index (κ3) is 4.68. The molecule has 0 radical (unpaired) electrons. The lowest BCUT2D eigenvalue weighted by molar-refractivity contribution is 0.648. The summed E-state index contributed by atoms with van der Waals surface area (Å²) in [7, 11) is 0. The van der Waals surface area contributed by atoms with Crippen LogP contribution in [0, 0.1) is 0 Å². The lowest BCUT2D eigenvalue weighted by atomic mass is 9.82. The number of aromatic nitrogens is 1. The van der Waals surface area contributed by atoms with Crippen LogP contribution in [0.15, 0.2) is 199 Å². The number of benzene rings is 9. The summed E-state index contributed by atoms with van der Waals surface area (Å²) in [6.45, 7) is 4.70. The second-order valence-corrected chi connectivity index (χ2v) is 16.1. The number of nitrogens with zero attached hydrogens (tertiary/aromatic N) is 2. The summed E-state index contributed by atoms with van der Waals surface area (Å²) >= 11 is 0. The highest BCUT2D eigenvalue weighted by molar-refractivity contribution is 6.23. The zero-order valence-electron chi connectivity index (χ0n) is 32.3. The molecule has 0 unspecified atom stereocenters. The maximum Gasteiger partial charge on any atom is 0.152 e. The summed E-state index contributed by atoms with van der Waals surface area (Å²) in [4.78, 5) is 2.44. The number of para-hydroxylation sites is 3. The van der Waals surface area contributed by atoms with E-state index in [1.54, 1.807) is 0 Å². The standard InChI is InChI=1S/C55H38N2O/c1-55(2)45-20-8-6-17-43(45)53-46(55)21-13-24-49(53)56(38-30-26-36(27-31-38)35-14-4-3-5-15-35)39-32-28-37(29-33-39)44-34-51-54-52-41(18-12-19-42(44)52)40-16-7-9-22-47(40)57(54)48-23-10-11-25-50(48)58-51/h3-34H,1-2H3. The number of rotatable bonds is 5. The molecule has 1 aliphatic carbocycles. The van der Waals surface area contributed by atoms with Crippen molar-refractivity contribution in [1.29, 1.82) is 0 Å². The van der Waals surface area contributed by atoms with Gasteiger partial charge in [0.2, 0.25) is 0 Å². The first-order valence-corrected chi connectivity index (χ1v) is 20.1. The molecule has 12 rings (SSSR count). The molecule has 0 amide bonds. The number of anilines is 3. The fourth-order valence-electron chi connectivity index (χ4n) is 9.88. The number of hydrogen-bond donors (Lipinski definition) is 0. The van der Waals surface area contributed by atoms with Crippen LogP contribution in [0.1, 0.15) is 25.0 Å². The van der Waals surface area contributed by atoms with Gasteiger partial charge in [-0.15, -0.1) is 0 Å². The Morgan fingerprint density at radius 3 is 1.86 bits per heavy atom. The molecule has 0 atom stereocenters.